The lowest BCUT2D eigenvalue weighted by atomic mass is 9.49. The van der Waals surface area contributed by atoms with Gasteiger partial charge in [-0.15, -0.1) is 0 Å². The van der Waals surface area contributed by atoms with Crippen molar-refractivity contribution in [3.05, 3.63) is 0 Å². The van der Waals surface area contributed by atoms with Gasteiger partial charge in [0, 0.05) is 6.61 Å². The molecule has 4 heteroatoms. The Morgan fingerprint density at radius 2 is 1.95 bits per heavy atom. The fraction of sp³-hybridized carbons (Fsp3) is 0.938. The SMILES string of the molecule is CCC(C)(I)C(=O)OC1C2CC3CC1CC(CO)(C3)C2. The molecule has 0 spiro atoms. The van der Waals surface area contributed by atoms with E-state index in [4.69, 9.17) is 4.74 Å². The highest BCUT2D eigenvalue weighted by Crippen LogP contribution is 2.60. The molecule has 0 aromatic carbocycles. The number of esters is 1. The molecule has 0 aromatic heterocycles. The largest absolute Gasteiger partial charge is 0.461 e. The van der Waals surface area contributed by atoms with Gasteiger partial charge in [0.25, 0.3) is 0 Å². The van der Waals surface area contributed by atoms with Crippen molar-refractivity contribution >= 4 is 28.6 Å². The minimum absolute atomic E-state index is 0.0453. The number of hydrogen-bond donors (Lipinski definition) is 1. The van der Waals surface area contributed by atoms with E-state index in [0.717, 1.165) is 25.2 Å². The summed E-state index contributed by atoms with van der Waals surface area (Å²) in [6.45, 7) is 4.31. The first-order valence-corrected chi connectivity index (χ1v) is 8.98. The van der Waals surface area contributed by atoms with Crippen LogP contribution in [0, 0.1) is 23.2 Å². The summed E-state index contributed by atoms with van der Waals surface area (Å²) in [6.07, 6.45) is 6.60. The van der Waals surface area contributed by atoms with Gasteiger partial charge in [0.05, 0.1) is 0 Å². The van der Waals surface area contributed by atoms with Gasteiger partial charge in [-0.3, -0.25) is 4.79 Å². The molecule has 20 heavy (non-hydrogen) atoms. The summed E-state index contributed by atoms with van der Waals surface area (Å²) in [5.41, 5.74) is 0.151. The summed E-state index contributed by atoms with van der Waals surface area (Å²) in [4.78, 5) is 12.4. The maximum atomic E-state index is 12.4. The second-order valence-corrected chi connectivity index (χ2v) is 9.93. The average Bonchev–Trinajstić information content (AvgIpc) is 2.41. The Morgan fingerprint density at radius 3 is 2.45 bits per heavy atom. The molecule has 3 atom stereocenters. The molecule has 114 valence electrons. The third-order valence-electron chi connectivity index (χ3n) is 5.98. The molecule has 4 aliphatic rings. The summed E-state index contributed by atoms with van der Waals surface area (Å²) in [5, 5.41) is 9.76. The van der Waals surface area contributed by atoms with Crippen molar-refractivity contribution < 1.29 is 14.6 Å². The Balaban J connectivity index is 1.73. The van der Waals surface area contributed by atoms with Crippen LogP contribution in [0.2, 0.25) is 0 Å². The molecule has 4 aliphatic carbocycles. The molecule has 4 fully saturated rings. The van der Waals surface area contributed by atoms with Crippen molar-refractivity contribution in [1.82, 2.24) is 0 Å². The second-order valence-electron chi connectivity index (χ2n) is 7.55. The molecule has 1 N–H and O–H groups in total. The minimum Gasteiger partial charge on any atom is -0.461 e. The van der Waals surface area contributed by atoms with Gasteiger partial charge in [-0.05, 0) is 68.6 Å². The van der Waals surface area contributed by atoms with E-state index in [2.05, 4.69) is 22.6 Å². The van der Waals surface area contributed by atoms with E-state index in [0.29, 0.717) is 18.4 Å². The Hall–Kier alpha value is 0.160. The number of aliphatic hydroxyl groups is 1. The van der Waals surface area contributed by atoms with Gasteiger partial charge < -0.3 is 9.84 Å². The van der Waals surface area contributed by atoms with Crippen LogP contribution in [0.5, 0.6) is 0 Å². The first kappa shape index (κ1) is 15.1. The molecular formula is C16H25IO3. The number of halogens is 1. The van der Waals surface area contributed by atoms with Crippen molar-refractivity contribution in [3.8, 4) is 0 Å². The van der Waals surface area contributed by atoms with Crippen molar-refractivity contribution in [2.75, 3.05) is 6.61 Å². The first-order valence-electron chi connectivity index (χ1n) is 7.90. The molecule has 0 saturated heterocycles. The monoisotopic (exact) mass is 392 g/mol. The van der Waals surface area contributed by atoms with E-state index in [9.17, 15) is 9.90 Å². The number of hydrogen-bond acceptors (Lipinski definition) is 3. The third kappa shape index (κ3) is 2.40. The number of aliphatic hydroxyl groups excluding tert-OH is 1. The van der Waals surface area contributed by atoms with Crippen LogP contribution in [0.4, 0.5) is 0 Å². The molecule has 0 aliphatic heterocycles. The highest BCUT2D eigenvalue weighted by molar-refractivity contribution is 14.1. The average molecular weight is 392 g/mol. The van der Waals surface area contributed by atoms with Crippen LogP contribution in [-0.2, 0) is 9.53 Å². The fourth-order valence-corrected chi connectivity index (χ4v) is 5.05. The molecule has 4 bridgehead atoms. The number of ether oxygens (including phenoxy) is 1. The van der Waals surface area contributed by atoms with Crippen LogP contribution in [-0.4, -0.2) is 27.2 Å². The molecule has 4 rings (SSSR count). The van der Waals surface area contributed by atoms with Crippen LogP contribution in [0.1, 0.15) is 52.4 Å². The van der Waals surface area contributed by atoms with E-state index in [1.807, 2.05) is 13.8 Å². The first-order chi connectivity index (χ1) is 9.39. The van der Waals surface area contributed by atoms with Gasteiger partial charge >= 0.3 is 5.97 Å². The quantitative estimate of drug-likeness (QED) is 0.454. The summed E-state index contributed by atoms with van der Waals surface area (Å²) in [6, 6.07) is 0. The molecule has 0 aromatic rings. The van der Waals surface area contributed by atoms with Gasteiger partial charge in [0.2, 0.25) is 0 Å². The Morgan fingerprint density at radius 1 is 1.35 bits per heavy atom. The van der Waals surface area contributed by atoms with Crippen molar-refractivity contribution in [2.45, 2.75) is 61.9 Å². The van der Waals surface area contributed by atoms with E-state index >= 15 is 0 Å². The number of alkyl halides is 1. The van der Waals surface area contributed by atoms with Crippen molar-refractivity contribution in [3.63, 3.8) is 0 Å². The zero-order valence-corrected chi connectivity index (χ0v) is 14.6. The van der Waals surface area contributed by atoms with Gasteiger partial charge in [-0.1, -0.05) is 29.5 Å². The lowest BCUT2D eigenvalue weighted by molar-refractivity contribution is -0.187. The number of rotatable bonds is 4. The van der Waals surface area contributed by atoms with E-state index in [-0.39, 0.29) is 17.5 Å². The maximum Gasteiger partial charge on any atom is 0.322 e. The number of carbonyl (C=O) groups is 1. The van der Waals surface area contributed by atoms with Crippen LogP contribution in [0.25, 0.3) is 0 Å². The Labute approximate surface area is 135 Å². The van der Waals surface area contributed by atoms with Crippen LogP contribution < -0.4 is 0 Å². The predicted molar refractivity (Wildman–Crippen MR) is 85.7 cm³/mol. The summed E-state index contributed by atoms with van der Waals surface area (Å²) < 4.78 is 5.54. The zero-order chi connectivity index (χ0) is 14.5. The van der Waals surface area contributed by atoms with Gasteiger partial charge in [0.1, 0.15) is 9.53 Å². The van der Waals surface area contributed by atoms with Gasteiger partial charge in [-0.25, -0.2) is 0 Å². The fourth-order valence-electron chi connectivity index (χ4n) is 4.92. The van der Waals surface area contributed by atoms with Crippen molar-refractivity contribution in [1.29, 1.82) is 0 Å². The summed E-state index contributed by atoms with van der Waals surface area (Å²) in [5.74, 6) is 1.69. The minimum atomic E-state index is -0.402. The Kier molecular flexibility index (Phi) is 3.85. The number of carbonyl (C=O) groups excluding carboxylic acids is 1. The molecule has 0 amide bonds. The van der Waals surface area contributed by atoms with Gasteiger partial charge in [-0.2, -0.15) is 0 Å². The molecule has 3 nitrogen and oxygen atoms in total. The van der Waals surface area contributed by atoms with Crippen LogP contribution in [0.3, 0.4) is 0 Å². The Bertz CT molecular complexity index is 391. The molecule has 3 unspecified atom stereocenters. The van der Waals surface area contributed by atoms with E-state index < -0.39 is 3.42 Å². The molecule has 4 saturated carbocycles. The smallest absolute Gasteiger partial charge is 0.322 e. The molecule has 0 heterocycles. The summed E-state index contributed by atoms with van der Waals surface area (Å²) in [7, 11) is 0. The van der Waals surface area contributed by atoms with Gasteiger partial charge in [0.15, 0.2) is 0 Å². The topological polar surface area (TPSA) is 46.5 Å². The van der Waals surface area contributed by atoms with E-state index in [1.54, 1.807) is 0 Å². The highest BCUT2D eigenvalue weighted by atomic mass is 127. The third-order valence-corrected chi connectivity index (χ3v) is 7.18. The molecule has 0 radical (unpaired) electrons. The zero-order valence-electron chi connectivity index (χ0n) is 12.4. The maximum absolute atomic E-state index is 12.4. The summed E-state index contributed by atoms with van der Waals surface area (Å²) >= 11 is 2.21. The highest BCUT2D eigenvalue weighted by Gasteiger charge is 2.56. The van der Waals surface area contributed by atoms with E-state index in [1.165, 1.54) is 19.3 Å². The van der Waals surface area contributed by atoms with Crippen LogP contribution >= 0.6 is 22.6 Å². The van der Waals surface area contributed by atoms with Crippen molar-refractivity contribution in [2.24, 2.45) is 23.2 Å². The van der Waals surface area contributed by atoms with Crippen LogP contribution in [0.15, 0.2) is 0 Å². The molecular weight excluding hydrogens is 367 g/mol. The lowest BCUT2D eigenvalue weighted by Crippen LogP contribution is -2.56. The second kappa shape index (κ2) is 5.11. The normalized spacial score (nSPS) is 45.2. The predicted octanol–water partition coefficient (Wildman–Crippen LogP) is 3.32. The standard InChI is InChI=1S/C16H25IO3/c1-3-15(2,17)14(19)20-13-11-4-10-5-12(13)8-16(6-10,7-11)9-18/h10-13,18H,3-9H2,1-2H3. The lowest BCUT2D eigenvalue weighted by Gasteiger charge is -2.59.